The molecule has 0 rings (SSSR count). The molecule has 11 heavy (non-hydrogen) atoms. The van der Waals surface area contributed by atoms with E-state index < -0.39 is 0 Å². The molecule has 0 aliphatic carbocycles. The minimum absolute atomic E-state index is 0. The molecule has 70 valence electrons. The van der Waals surface area contributed by atoms with Gasteiger partial charge in [0, 0.05) is 13.1 Å². The zero-order valence-electron chi connectivity index (χ0n) is 7.48. The highest BCUT2D eigenvalue weighted by molar-refractivity contribution is 4.51. The molecule has 0 atom stereocenters. The van der Waals surface area contributed by atoms with Crippen molar-refractivity contribution in [3.8, 4) is 0 Å². The van der Waals surface area contributed by atoms with Crippen LogP contribution in [-0.2, 0) is 0 Å². The Hall–Kier alpha value is -0.0800. The second-order valence-electron chi connectivity index (χ2n) is 2.65. The lowest BCUT2D eigenvalue weighted by Gasteiger charge is -2.13. The summed E-state index contributed by atoms with van der Waals surface area (Å²) in [5.74, 6) is 0. The van der Waals surface area contributed by atoms with Crippen molar-refractivity contribution >= 4 is 0 Å². The molecule has 0 unspecified atom stereocenters. The van der Waals surface area contributed by atoms with E-state index in [0.717, 1.165) is 26.2 Å². The fourth-order valence-corrected chi connectivity index (χ4v) is 0.730. The average molecular weight is 160 g/mol. The van der Waals surface area contributed by atoms with Gasteiger partial charge >= 0.3 is 0 Å². The lowest BCUT2D eigenvalue weighted by atomic mass is 10.4. The van der Waals surface area contributed by atoms with Crippen LogP contribution in [0.2, 0.25) is 0 Å². The lowest BCUT2D eigenvalue weighted by Crippen LogP contribution is -2.29. The molecule has 0 aromatic heterocycles. The molecule has 0 saturated heterocycles. The quantitative estimate of drug-likeness (QED) is 0.593. The van der Waals surface area contributed by atoms with Crippen molar-refractivity contribution in [3.05, 3.63) is 0 Å². The fraction of sp³-hybridized carbons (Fsp3) is 1.00. The lowest BCUT2D eigenvalue weighted by molar-refractivity contribution is 0.349. The predicted molar refractivity (Wildman–Crippen MR) is 53.1 cm³/mol. The normalized spacial score (nSPS) is 9.82. The number of hydrogen-bond donors (Lipinski definition) is 1. The van der Waals surface area contributed by atoms with E-state index in [2.05, 4.69) is 31.1 Å². The molecular weight excluding hydrogens is 136 g/mol. The van der Waals surface area contributed by atoms with E-state index in [0.29, 0.717) is 0 Å². The Morgan fingerprint density at radius 2 is 1.82 bits per heavy atom. The second-order valence-corrected chi connectivity index (χ2v) is 2.65. The van der Waals surface area contributed by atoms with Crippen LogP contribution in [0.5, 0.6) is 0 Å². The summed E-state index contributed by atoms with van der Waals surface area (Å²) in [6, 6.07) is 0. The van der Waals surface area contributed by atoms with Gasteiger partial charge in [-0.1, -0.05) is 21.3 Å². The molecule has 0 bridgehead atoms. The van der Waals surface area contributed by atoms with E-state index in [4.69, 9.17) is 0 Å². The summed E-state index contributed by atoms with van der Waals surface area (Å²) in [6.45, 7) is 8.95. The van der Waals surface area contributed by atoms with Crippen LogP contribution < -0.4 is 5.32 Å². The average Bonchev–Trinajstić information content (AvgIpc) is 1.98. The molecule has 0 fully saturated rings. The fourth-order valence-electron chi connectivity index (χ4n) is 0.730. The van der Waals surface area contributed by atoms with E-state index in [1.54, 1.807) is 0 Å². The molecule has 0 saturated carbocycles. The highest BCUT2D eigenvalue weighted by Gasteiger charge is 1.91. The van der Waals surface area contributed by atoms with Gasteiger partial charge in [-0.3, -0.25) is 0 Å². The molecule has 2 heteroatoms. The number of nitrogens with one attached hydrogen (secondary N) is 1. The summed E-state index contributed by atoms with van der Waals surface area (Å²) in [4.78, 5) is 2.31. The summed E-state index contributed by atoms with van der Waals surface area (Å²) in [7, 11) is 2.15. The standard InChI is InChI=1S/C8H20N2.CH4/c1-4-6-9-7-8-10(3)5-2;/h9H,4-8H2,1-3H3;1H4. The zero-order chi connectivity index (χ0) is 7.82. The van der Waals surface area contributed by atoms with Crippen molar-refractivity contribution in [2.45, 2.75) is 27.7 Å². The summed E-state index contributed by atoms with van der Waals surface area (Å²) in [5.41, 5.74) is 0. The highest BCUT2D eigenvalue weighted by Crippen LogP contribution is 1.77. The van der Waals surface area contributed by atoms with E-state index in [9.17, 15) is 0 Å². The first kappa shape index (κ1) is 13.5. The molecule has 0 aromatic rings. The van der Waals surface area contributed by atoms with E-state index in [1.807, 2.05) is 0 Å². The molecule has 0 aromatic carbocycles. The van der Waals surface area contributed by atoms with Gasteiger partial charge < -0.3 is 10.2 Å². The van der Waals surface area contributed by atoms with Crippen molar-refractivity contribution in [3.63, 3.8) is 0 Å². The third-order valence-corrected chi connectivity index (χ3v) is 1.64. The summed E-state index contributed by atoms with van der Waals surface area (Å²) < 4.78 is 0. The monoisotopic (exact) mass is 160 g/mol. The SMILES string of the molecule is C.CCCNCCN(C)CC. The molecule has 0 amide bonds. The number of likely N-dealkylation sites (N-methyl/N-ethyl adjacent to an activating group) is 1. The number of nitrogens with zero attached hydrogens (tertiary/aromatic N) is 1. The Balaban J connectivity index is 0. The first-order valence-electron chi connectivity index (χ1n) is 4.20. The van der Waals surface area contributed by atoms with Crippen LogP contribution in [0.25, 0.3) is 0 Å². The summed E-state index contributed by atoms with van der Waals surface area (Å²) in [6.07, 6.45) is 1.23. The van der Waals surface area contributed by atoms with Gasteiger partial charge in [-0.2, -0.15) is 0 Å². The summed E-state index contributed by atoms with van der Waals surface area (Å²) >= 11 is 0. The zero-order valence-corrected chi connectivity index (χ0v) is 7.48. The molecule has 2 nitrogen and oxygen atoms in total. The molecule has 0 heterocycles. The van der Waals surface area contributed by atoms with E-state index in [1.165, 1.54) is 6.42 Å². The molecule has 0 aliphatic rings. The maximum Gasteiger partial charge on any atom is 0.0104 e. The first-order chi connectivity index (χ1) is 4.81. The van der Waals surface area contributed by atoms with Crippen molar-refractivity contribution in [2.24, 2.45) is 0 Å². The number of rotatable bonds is 6. The van der Waals surface area contributed by atoms with Crippen molar-refractivity contribution in [2.75, 3.05) is 33.2 Å². The van der Waals surface area contributed by atoms with Crippen LogP contribution in [0, 0.1) is 0 Å². The third-order valence-electron chi connectivity index (χ3n) is 1.64. The summed E-state index contributed by atoms with van der Waals surface area (Å²) in [5, 5.41) is 3.36. The highest BCUT2D eigenvalue weighted by atomic mass is 15.1. The van der Waals surface area contributed by atoms with Gasteiger partial charge in [0.15, 0.2) is 0 Å². The minimum atomic E-state index is 0. The Bertz CT molecular complexity index is 64.6. The largest absolute Gasteiger partial charge is 0.315 e. The van der Waals surface area contributed by atoms with Gasteiger partial charge in [-0.25, -0.2) is 0 Å². The Kier molecular flexibility index (Phi) is 12.2. The van der Waals surface area contributed by atoms with Crippen molar-refractivity contribution in [1.29, 1.82) is 0 Å². The van der Waals surface area contributed by atoms with Gasteiger partial charge in [-0.15, -0.1) is 0 Å². The molecular formula is C9H24N2. The first-order valence-corrected chi connectivity index (χ1v) is 4.20. The minimum Gasteiger partial charge on any atom is -0.315 e. The van der Waals surface area contributed by atoms with Crippen molar-refractivity contribution in [1.82, 2.24) is 10.2 Å². The molecule has 0 radical (unpaired) electrons. The van der Waals surface area contributed by atoms with Gasteiger partial charge in [0.05, 0.1) is 0 Å². The van der Waals surface area contributed by atoms with Crippen LogP contribution in [0.3, 0.4) is 0 Å². The Morgan fingerprint density at radius 3 is 2.27 bits per heavy atom. The maximum absolute atomic E-state index is 3.36. The van der Waals surface area contributed by atoms with Gasteiger partial charge in [0.1, 0.15) is 0 Å². The van der Waals surface area contributed by atoms with Crippen LogP contribution in [0.1, 0.15) is 27.7 Å². The van der Waals surface area contributed by atoms with Crippen molar-refractivity contribution < 1.29 is 0 Å². The molecule has 0 aliphatic heterocycles. The Labute approximate surface area is 72.0 Å². The van der Waals surface area contributed by atoms with Gasteiger partial charge in [0.25, 0.3) is 0 Å². The van der Waals surface area contributed by atoms with E-state index in [-0.39, 0.29) is 7.43 Å². The number of hydrogen-bond acceptors (Lipinski definition) is 2. The molecule has 0 spiro atoms. The topological polar surface area (TPSA) is 15.3 Å². The van der Waals surface area contributed by atoms with Gasteiger partial charge in [0.2, 0.25) is 0 Å². The predicted octanol–water partition coefficient (Wildman–Crippen LogP) is 1.57. The smallest absolute Gasteiger partial charge is 0.0104 e. The van der Waals surface area contributed by atoms with Gasteiger partial charge in [-0.05, 0) is 26.6 Å². The van der Waals surface area contributed by atoms with Crippen LogP contribution in [0.15, 0.2) is 0 Å². The maximum atomic E-state index is 3.36. The van der Waals surface area contributed by atoms with Crippen LogP contribution in [-0.4, -0.2) is 38.1 Å². The second kappa shape index (κ2) is 9.92. The van der Waals surface area contributed by atoms with Crippen LogP contribution >= 0.6 is 0 Å². The molecule has 1 N–H and O–H groups in total. The Morgan fingerprint density at radius 1 is 1.18 bits per heavy atom. The van der Waals surface area contributed by atoms with Crippen LogP contribution in [0.4, 0.5) is 0 Å². The van der Waals surface area contributed by atoms with E-state index >= 15 is 0 Å². The third kappa shape index (κ3) is 9.92.